The van der Waals surface area contributed by atoms with E-state index in [1.807, 2.05) is 0 Å². The first-order valence-electron chi connectivity index (χ1n) is 4.99. The lowest BCUT2D eigenvalue weighted by Gasteiger charge is -2.26. The molecule has 2 rings (SSSR count). The van der Waals surface area contributed by atoms with Crippen molar-refractivity contribution in [3.63, 3.8) is 0 Å². The quantitative estimate of drug-likeness (QED) is 0.842. The maximum absolute atomic E-state index is 12.7. The second kappa shape index (κ2) is 3.90. The van der Waals surface area contributed by atoms with E-state index in [1.54, 1.807) is 12.1 Å². The van der Waals surface area contributed by atoms with E-state index in [2.05, 4.69) is 0 Å². The first-order valence-corrected chi connectivity index (χ1v) is 4.99. The molecule has 1 aliphatic heterocycles. The van der Waals surface area contributed by atoms with Crippen LogP contribution in [0, 0.1) is 0 Å². The molecule has 1 heterocycles. The molecule has 1 aliphatic rings. The zero-order valence-electron chi connectivity index (χ0n) is 8.87. The van der Waals surface area contributed by atoms with Crippen LogP contribution in [0.2, 0.25) is 0 Å². The largest absolute Gasteiger partial charge is 0.486 e. The molecule has 0 saturated heterocycles. The molecule has 3 nitrogen and oxygen atoms in total. The Morgan fingerprint density at radius 2 is 1.88 bits per heavy atom. The maximum Gasteiger partial charge on any atom is 0.260 e. The fourth-order valence-electron chi connectivity index (χ4n) is 1.50. The van der Waals surface area contributed by atoms with Crippen LogP contribution >= 0.6 is 0 Å². The molecule has 0 spiro atoms. The summed E-state index contributed by atoms with van der Waals surface area (Å²) in [6, 6.07) is 4.66. The van der Waals surface area contributed by atoms with E-state index in [0.29, 0.717) is 30.3 Å². The molecule has 2 N–H and O–H groups in total. The minimum Gasteiger partial charge on any atom is -0.486 e. The molecule has 5 heteroatoms. The SMILES string of the molecule is CC(N)(c1ccc2c(c1)OCCO2)C(F)F. The van der Waals surface area contributed by atoms with Gasteiger partial charge in [-0.15, -0.1) is 0 Å². The summed E-state index contributed by atoms with van der Waals surface area (Å²) in [5, 5.41) is 0. The van der Waals surface area contributed by atoms with E-state index in [-0.39, 0.29) is 0 Å². The van der Waals surface area contributed by atoms with Gasteiger partial charge in [-0.3, -0.25) is 0 Å². The molecule has 1 aromatic rings. The average Bonchev–Trinajstić information content (AvgIpc) is 2.28. The zero-order valence-corrected chi connectivity index (χ0v) is 8.87. The standard InChI is InChI=1S/C11H13F2NO2/c1-11(14,10(12)13)7-2-3-8-9(6-7)16-5-4-15-8/h2-3,6,10H,4-5,14H2,1H3. The van der Waals surface area contributed by atoms with Crippen LogP contribution in [-0.4, -0.2) is 19.6 Å². The Labute approximate surface area is 92.1 Å². The van der Waals surface area contributed by atoms with Gasteiger partial charge in [0.15, 0.2) is 11.5 Å². The van der Waals surface area contributed by atoms with Gasteiger partial charge in [0.1, 0.15) is 13.2 Å². The van der Waals surface area contributed by atoms with Crippen molar-refractivity contribution in [1.82, 2.24) is 0 Å². The average molecular weight is 229 g/mol. The van der Waals surface area contributed by atoms with Gasteiger partial charge >= 0.3 is 0 Å². The van der Waals surface area contributed by atoms with Crippen molar-refractivity contribution in [2.75, 3.05) is 13.2 Å². The molecule has 0 aromatic heterocycles. The molecule has 1 unspecified atom stereocenters. The molecular weight excluding hydrogens is 216 g/mol. The maximum atomic E-state index is 12.7. The number of hydrogen-bond donors (Lipinski definition) is 1. The zero-order chi connectivity index (χ0) is 11.8. The predicted molar refractivity (Wildman–Crippen MR) is 55.0 cm³/mol. The fraction of sp³-hybridized carbons (Fsp3) is 0.455. The van der Waals surface area contributed by atoms with Gasteiger partial charge < -0.3 is 15.2 Å². The van der Waals surface area contributed by atoms with Crippen molar-refractivity contribution in [3.05, 3.63) is 23.8 Å². The lowest BCUT2D eigenvalue weighted by atomic mass is 9.93. The Kier molecular flexibility index (Phi) is 2.71. The number of alkyl halides is 2. The first kappa shape index (κ1) is 11.1. The van der Waals surface area contributed by atoms with Gasteiger partial charge in [-0.25, -0.2) is 8.78 Å². The van der Waals surface area contributed by atoms with Gasteiger partial charge in [0, 0.05) is 0 Å². The van der Waals surface area contributed by atoms with E-state index >= 15 is 0 Å². The molecule has 88 valence electrons. The predicted octanol–water partition coefficient (Wildman–Crippen LogP) is 1.90. The van der Waals surface area contributed by atoms with Crippen molar-refractivity contribution in [2.24, 2.45) is 5.73 Å². The summed E-state index contributed by atoms with van der Waals surface area (Å²) < 4.78 is 36.1. The van der Waals surface area contributed by atoms with E-state index in [9.17, 15) is 8.78 Å². The van der Waals surface area contributed by atoms with Crippen LogP contribution in [0.5, 0.6) is 11.5 Å². The topological polar surface area (TPSA) is 44.5 Å². The third kappa shape index (κ3) is 1.82. The minimum absolute atomic E-state index is 0.340. The van der Waals surface area contributed by atoms with Crippen LogP contribution in [-0.2, 0) is 5.54 Å². The smallest absolute Gasteiger partial charge is 0.260 e. The van der Waals surface area contributed by atoms with Crippen LogP contribution in [0.4, 0.5) is 8.78 Å². The van der Waals surface area contributed by atoms with Crippen molar-refractivity contribution in [3.8, 4) is 11.5 Å². The first-order chi connectivity index (χ1) is 7.51. The van der Waals surface area contributed by atoms with Gasteiger partial charge in [0.2, 0.25) is 0 Å². The number of hydrogen-bond acceptors (Lipinski definition) is 3. The highest BCUT2D eigenvalue weighted by Gasteiger charge is 2.33. The van der Waals surface area contributed by atoms with Crippen LogP contribution in [0.25, 0.3) is 0 Å². The van der Waals surface area contributed by atoms with Crippen LogP contribution in [0.15, 0.2) is 18.2 Å². The Bertz CT molecular complexity index is 394. The number of nitrogens with two attached hydrogens (primary N) is 1. The molecule has 0 fully saturated rings. The number of halogens is 2. The molecule has 0 bridgehead atoms. The van der Waals surface area contributed by atoms with Crippen LogP contribution in [0.1, 0.15) is 12.5 Å². The molecule has 0 saturated carbocycles. The summed E-state index contributed by atoms with van der Waals surface area (Å²) in [7, 11) is 0. The van der Waals surface area contributed by atoms with E-state index < -0.39 is 12.0 Å². The van der Waals surface area contributed by atoms with E-state index in [4.69, 9.17) is 15.2 Å². The summed E-state index contributed by atoms with van der Waals surface area (Å²) in [4.78, 5) is 0. The summed E-state index contributed by atoms with van der Waals surface area (Å²) in [5.41, 5.74) is 4.24. The second-order valence-corrected chi connectivity index (χ2v) is 3.94. The molecule has 0 aliphatic carbocycles. The highest BCUT2D eigenvalue weighted by Crippen LogP contribution is 2.35. The summed E-state index contributed by atoms with van der Waals surface area (Å²) in [6.45, 7) is 2.19. The van der Waals surface area contributed by atoms with Crippen molar-refractivity contribution >= 4 is 0 Å². The minimum atomic E-state index is -2.63. The molecule has 16 heavy (non-hydrogen) atoms. The number of fused-ring (bicyclic) bond motifs is 1. The Balaban J connectivity index is 2.37. The lowest BCUT2D eigenvalue weighted by molar-refractivity contribution is 0.0621. The normalized spacial score (nSPS) is 18.3. The van der Waals surface area contributed by atoms with Crippen LogP contribution < -0.4 is 15.2 Å². The summed E-state index contributed by atoms with van der Waals surface area (Å²) in [6.07, 6.45) is -2.63. The number of benzene rings is 1. The van der Waals surface area contributed by atoms with Crippen LogP contribution in [0.3, 0.4) is 0 Å². The molecule has 0 amide bonds. The second-order valence-electron chi connectivity index (χ2n) is 3.94. The Morgan fingerprint density at radius 3 is 2.50 bits per heavy atom. The highest BCUT2D eigenvalue weighted by molar-refractivity contribution is 5.45. The third-order valence-corrected chi connectivity index (χ3v) is 2.62. The van der Waals surface area contributed by atoms with Crippen molar-refractivity contribution < 1.29 is 18.3 Å². The van der Waals surface area contributed by atoms with Gasteiger partial charge in [-0.2, -0.15) is 0 Å². The fourth-order valence-corrected chi connectivity index (χ4v) is 1.50. The van der Waals surface area contributed by atoms with Crippen molar-refractivity contribution in [1.29, 1.82) is 0 Å². The molecule has 1 aromatic carbocycles. The van der Waals surface area contributed by atoms with Gasteiger partial charge in [0.25, 0.3) is 6.43 Å². The van der Waals surface area contributed by atoms with E-state index in [0.717, 1.165) is 0 Å². The molecule has 0 radical (unpaired) electrons. The number of ether oxygens (including phenoxy) is 2. The van der Waals surface area contributed by atoms with E-state index in [1.165, 1.54) is 13.0 Å². The summed E-state index contributed by atoms with van der Waals surface area (Å²) in [5.74, 6) is 1.04. The lowest BCUT2D eigenvalue weighted by Crippen LogP contribution is -2.40. The molecule has 1 atom stereocenters. The van der Waals surface area contributed by atoms with Gasteiger partial charge in [-0.05, 0) is 24.6 Å². The molecular formula is C11H13F2NO2. The monoisotopic (exact) mass is 229 g/mol. The Morgan fingerprint density at radius 1 is 1.25 bits per heavy atom. The highest BCUT2D eigenvalue weighted by atomic mass is 19.3. The summed E-state index contributed by atoms with van der Waals surface area (Å²) >= 11 is 0. The third-order valence-electron chi connectivity index (χ3n) is 2.62. The van der Waals surface area contributed by atoms with Gasteiger partial charge in [0.05, 0.1) is 5.54 Å². The van der Waals surface area contributed by atoms with Gasteiger partial charge in [-0.1, -0.05) is 6.07 Å². The Hall–Kier alpha value is -1.36. The number of rotatable bonds is 2. The van der Waals surface area contributed by atoms with Crippen molar-refractivity contribution in [2.45, 2.75) is 18.9 Å².